The van der Waals surface area contributed by atoms with Gasteiger partial charge in [0.05, 0.1) is 37.8 Å². The molecule has 2 aliphatic rings. The van der Waals surface area contributed by atoms with Gasteiger partial charge < -0.3 is 29.7 Å². The first-order valence-electron chi connectivity index (χ1n) is 17.5. The van der Waals surface area contributed by atoms with Gasteiger partial charge in [-0.25, -0.2) is 0 Å². The van der Waals surface area contributed by atoms with Gasteiger partial charge in [-0.05, 0) is 53.8 Å². The highest BCUT2D eigenvalue weighted by Crippen LogP contribution is 2.48. The van der Waals surface area contributed by atoms with Gasteiger partial charge in [-0.15, -0.1) is 0 Å². The van der Waals surface area contributed by atoms with Gasteiger partial charge >= 0.3 is 5.97 Å². The minimum Gasteiger partial charge on any atom is -0.493 e. The summed E-state index contributed by atoms with van der Waals surface area (Å²) in [6, 6.07) is 32.7. The molecule has 1 unspecified atom stereocenters. The number of rotatable bonds is 15. The summed E-state index contributed by atoms with van der Waals surface area (Å²) in [4.78, 5) is 46.5. The van der Waals surface area contributed by atoms with E-state index < -0.39 is 30.1 Å². The van der Waals surface area contributed by atoms with Gasteiger partial charge in [0.1, 0.15) is 11.8 Å². The molecule has 0 bridgehead atoms. The fraction of sp³-hybridized carbons (Fsp3) is 0.341. The molecule has 2 amide bonds. The summed E-state index contributed by atoms with van der Waals surface area (Å²) in [5, 5.41) is 13.0. The first-order valence-corrected chi connectivity index (χ1v) is 17.5. The number of fused-ring (bicyclic) bond motifs is 3. The second-order valence-corrected chi connectivity index (χ2v) is 12.8. The van der Waals surface area contributed by atoms with Crippen LogP contribution in [0.25, 0.3) is 0 Å². The fourth-order valence-electron chi connectivity index (χ4n) is 7.25. The van der Waals surface area contributed by atoms with Gasteiger partial charge in [-0.1, -0.05) is 91.0 Å². The van der Waals surface area contributed by atoms with Crippen LogP contribution in [0.15, 0.2) is 109 Å². The van der Waals surface area contributed by atoms with Crippen molar-refractivity contribution >= 4 is 23.5 Å². The zero-order valence-corrected chi connectivity index (χ0v) is 28.4. The second kappa shape index (κ2) is 16.6. The van der Waals surface area contributed by atoms with Crippen LogP contribution in [0.2, 0.25) is 0 Å². The van der Waals surface area contributed by atoms with Crippen LogP contribution in [0.5, 0.6) is 5.75 Å². The molecule has 2 N–H and O–H groups in total. The van der Waals surface area contributed by atoms with E-state index in [0.717, 1.165) is 27.9 Å². The summed E-state index contributed by atoms with van der Waals surface area (Å²) < 4.78 is 11.5. The number of nitrogens with zero attached hydrogens (tertiary/aromatic N) is 2. The Morgan fingerprint density at radius 1 is 0.860 bits per heavy atom. The van der Waals surface area contributed by atoms with E-state index >= 15 is 0 Å². The molecule has 6 rings (SSSR count). The van der Waals surface area contributed by atoms with Crippen LogP contribution < -0.4 is 15.0 Å². The number of ether oxygens (including phenoxy) is 2. The number of piperazine rings is 1. The molecule has 0 saturated carbocycles. The molecule has 0 spiro atoms. The Kier molecular flexibility index (Phi) is 11.6. The number of anilines is 1. The molecule has 9 nitrogen and oxygen atoms in total. The van der Waals surface area contributed by atoms with E-state index in [1.807, 2.05) is 114 Å². The minimum absolute atomic E-state index is 0.0169. The Labute approximate surface area is 293 Å². The van der Waals surface area contributed by atoms with Crippen molar-refractivity contribution in [3.63, 3.8) is 0 Å². The molecule has 0 radical (unpaired) electrons. The Hall–Kier alpha value is -4.99. The summed E-state index contributed by atoms with van der Waals surface area (Å²) in [5.74, 6) is -0.166. The van der Waals surface area contributed by atoms with Crippen molar-refractivity contribution in [2.24, 2.45) is 0 Å². The molecule has 1 fully saturated rings. The summed E-state index contributed by atoms with van der Waals surface area (Å²) >= 11 is 0. The highest BCUT2D eigenvalue weighted by molar-refractivity contribution is 6.04. The molecule has 9 heteroatoms. The smallest absolute Gasteiger partial charge is 0.307 e. The largest absolute Gasteiger partial charge is 0.493 e. The maximum atomic E-state index is 15.0. The van der Waals surface area contributed by atoms with E-state index in [1.54, 1.807) is 11.8 Å². The van der Waals surface area contributed by atoms with Crippen molar-refractivity contribution in [2.45, 2.75) is 69.7 Å². The molecule has 1 saturated heterocycles. The van der Waals surface area contributed by atoms with Crippen LogP contribution >= 0.6 is 0 Å². The SMILES string of the molecule is CCOC(=O)CC1[C@@H]2[C@@H](NCc3ccccc3)c3cc(OCCCO)ccc3N2C(=O)[C@H](Cc2ccccc2)N1C(=O)CCc1ccccc1. The molecule has 50 heavy (non-hydrogen) atoms. The molecule has 4 aromatic rings. The van der Waals surface area contributed by atoms with Gasteiger partial charge in [-0.2, -0.15) is 0 Å². The predicted octanol–water partition coefficient (Wildman–Crippen LogP) is 5.40. The standard InChI is InChI=1S/C41H45N3O6/c1-2-49-38(47)27-35-40-39(42-28-31-17-10-5-11-18-31)33-26-32(50-24-12-23-45)20-21-34(33)44(40)41(48)36(25-30-15-8-4-9-16-30)43(35)37(46)22-19-29-13-6-3-7-14-29/h3-11,13-18,20-21,26,35-36,39-40,42,45H,2,12,19,22-25,27-28H2,1H3/t35?,36-,39-,40+/m0/s1. The zero-order chi connectivity index (χ0) is 34.9. The molecule has 2 aliphatic heterocycles. The lowest BCUT2D eigenvalue weighted by Crippen LogP contribution is -2.69. The lowest BCUT2D eigenvalue weighted by molar-refractivity contribution is -0.153. The molecular weight excluding hydrogens is 630 g/mol. The Morgan fingerprint density at radius 3 is 2.18 bits per heavy atom. The molecule has 0 aliphatic carbocycles. The number of nitrogens with one attached hydrogen (secondary N) is 1. The maximum Gasteiger partial charge on any atom is 0.307 e. The second-order valence-electron chi connectivity index (χ2n) is 12.8. The van der Waals surface area contributed by atoms with Crippen molar-refractivity contribution in [1.29, 1.82) is 0 Å². The minimum atomic E-state index is -0.836. The van der Waals surface area contributed by atoms with E-state index in [9.17, 15) is 19.5 Å². The molecule has 4 atom stereocenters. The fourth-order valence-corrected chi connectivity index (χ4v) is 7.25. The summed E-state index contributed by atoms with van der Waals surface area (Å²) in [7, 11) is 0. The molecule has 260 valence electrons. The Bertz CT molecular complexity index is 1740. The average Bonchev–Trinajstić information content (AvgIpc) is 3.47. The van der Waals surface area contributed by atoms with Gasteiger partial charge in [-0.3, -0.25) is 14.4 Å². The molecular formula is C41H45N3O6. The van der Waals surface area contributed by atoms with Crippen LogP contribution in [0.1, 0.15) is 54.5 Å². The van der Waals surface area contributed by atoms with Gasteiger partial charge in [0.25, 0.3) is 5.91 Å². The highest BCUT2D eigenvalue weighted by atomic mass is 16.5. The first kappa shape index (κ1) is 34.9. The van der Waals surface area contributed by atoms with Crippen LogP contribution in [-0.4, -0.2) is 65.7 Å². The van der Waals surface area contributed by atoms with Crippen molar-refractivity contribution in [3.05, 3.63) is 131 Å². The number of hydrogen-bond acceptors (Lipinski definition) is 7. The average molecular weight is 676 g/mol. The number of carbonyl (C=O) groups is 3. The number of esters is 1. The number of hydrogen-bond donors (Lipinski definition) is 2. The van der Waals surface area contributed by atoms with E-state index in [-0.39, 0.29) is 37.9 Å². The third-order valence-corrected chi connectivity index (χ3v) is 9.49. The first-order chi connectivity index (χ1) is 24.5. The van der Waals surface area contributed by atoms with Gasteiger partial charge in [0, 0.05) is 38.1 Å². The monoisotopic (exact) mass is 675 g/mol. The number of aliphatic hydroxyl groups is 1. The Balaban J connectivity index is 1.44. The van der Waals surface area contributed by atoms with E-state index in [0.29, 0.717) is 38.2 Å². The summed E-state index contributed by atoms with van der Waals surface area (Å²) in [5.41, 5.74) is 4.59. The number of aryl methyl sites for hydroxylation is 1. The van der Waals surface area contributed by atoms with E-state index in [1.165, 1.54) is 0 Å². The van der Waals surface area contributed by atoms with Gasteiger partial charge in [0.15, 0.2) is 0 Å². The normalized spacial score (nSPS) is 19.5. The maximum absolute atomic E-state index is 15.0. The third-order valence-electron chi connectivity index (χ3n) is 9.49. The lowest BCUT2D eigenvalue weighted by atomic mass is 9.87. The van der Waals surface area contributed by atoms with Crippen molar-refractivity contribution in [2.75, 3.05) is 24.7 Å². The van der Waals surface area contributed by atoms with Crippen LogP contribution in [-0.2, 0) is 38.5 Å². The van der Waals surface area contributed by atoms with Gasteiger partial charge in [0.2, 0.25) is 5.91 Å². The molecule has 0 aromatic heterocycles. The van der Waals surface area contributed by atoms with Crippen LogP contribution in [0.4, 0.5) is 5.69 Å². The zero-order valence-electron chi connectivity index (χ0n) is 28.4. The van der Waals surface area contributed by atoms with Crippen molar-refractivity contribution in [3.8, 4) is 5.75 Å². The summed E-state index contributed by atoms with van der Waals surface area (Å²) in [6.07, 6.45) is 1.42. The topological polar surface area (TPSA) is 108 Å². The Morgan fingerprint density at radius 2 is 1.52 bits per heavy atom. The van der Waals surface area contributed by atoms with E-state index in [4.69, 9.17) is 9.47 Å². The molecule has 4 aromatic carbocycles. The predicted molar refractivity (Wildman–Crippen MR) is 192 cm³/mol. The third kappa shape index (κ3) is 7.90. The highest BCUT2D eigenvalue weighted by Gasteiger charge is 2.56. The number of aliphatic hydroxyl groups excluding tert-OH is 1. The number of amides is 2. The van der Waals surface area contributed by atoms with Crippen LogP contribution in [0, 0.1) is 0 Å². The van der Waals surface area contributed by atoms with Crippen LogP contribution in [0.3, 0.4) is 0 Å². The number of benzene rings is 4. The molecule has 2 heterocycles. The quantitative estimate of drug-likeness (QED) is 0.128. The van der Waals surface area contributed by atoms with E-state index in [2.05, 4.69) is 5.32 Å². The van der Waals surface area contributed by atoms with Crippen molar-refractivity contribution in [1.82, 2.24) is 10.2 Å². The van der Waals surface area contributed by atoms with Crippen molar-refractivity contribution < 1.29 is 29.0 Å². The number of carbonyl (C=O) groups excluding carboxylic acids is 3. The lowest BCUT2D eigenvalue weighted by Gasteiger charge is -2.50. The summed E-state index contributed by atoms with van der Waals surface area (Å²) in [6.45, 7) is 2.84.